The van der Waals surface area contributed by atoms with Crippen LogP contribution in [0.15, 0.2) is 18.2 Å². The van der Waals surface area contributed by atoms with E-state index < -0.39 is 4.92 Å². The molecule has 0 bridgehead atoms. The predicted molar refractivity (Wildman–Crippen MR) is 68.6 cm³/mol. The van der Waals surface area contributed by atoms with Crippen LogP contribution >= 0.6 is 0 Å². The van der Waals surface area contributed by atoms with Crippen molar-refractivity contribution in [1.29, 1.82) is 0 Å². The second kappa shape index (κ2) is 5.35. The Morgan fingerprint density at radius 1 is 1.50 bits per heavy atom. The molecule has 98 valence electrons. The maximum Gasteiger partial charge on any atom is 0.273 e. The van der Waals surface area contributed by atoms with Gasteiger partial charge in [0.15, 0.2) is 0 Å². The van der Waals surface area contributed by atoms with Gasteiger partial charge >= 0.3 is 0 Å². The molecule has 0 amide bonds. The van der Waals surface area contributed by atoms with E-state index >= 15 is 0 Å². The first-order valence-electron chi connectivity index (χ1n) is 6.23. The zero-order chi connectivity index (χ0) is 13.1. The topological polar surface area (TPSA) is 78.4 Å². The molecule has 1 aromatic rings. The average Bonchev–Trinajstić information content (AvgIpc) is 2.79. The highest BCUT2D eigenvalue weighted by molar-refractivity contribution is 5.43. The van der Waals surface area contributed by atoms with Crippen LogP contribution in [0.25, 0.3) is 0 Å². The van der Waals surface area contributed by atoms with Crippen LogP contribution < -0.4 is 10.5 Å². The lowest BCUT2D eigenvalue weighted by Gasteiger charge is -2.20. The SMILES string of the molecule is Cc1ccc([N+](=O)[O-])cc1OC1CCCC1CN. The Labute approximate surface area is 106 Å². The Bertz CT molecular complexity index is 448. The van der Waals surface area contributed by atoms with Gasteiger partial charge in [-0.25, -0.2) is 0 Å². The lowest BCUT2D eigenvalue weighted by Crippen LogP contribution is -2.27. The van der Waals surface area contributed by atoms with Crippen molar-refractivity contribution in [2.45, 2.75) is 32.3 Å². The summed E-state index contributed by atoms with van der Waals surface area (Å²) >= 11 is 0. The molecular weight excluding hydrogens is 232 g/mol. The van der Waals surface area contributed by atoms with Crippen LogP contribution in [0.5, 0.6) is 5.75 Å². The van der Waals surface area contributed by atoms with E-state index in [1.54, 1.807) is 6.07 Å². The van der Waals surface area contributed by atoms with Gasteiger partial charge in [0.25, 0.3) is 5.69 Å². The Morgan fingerprint density at radius 2 is 2.28 bits per heavy atom. The highest BCUT2D eigenvalue weighted by Crippen LogP contribution is 2.32. The maximum absolute atomic E-state index is 10.8. The number of ether oxygens (including phenoxy) is 1. The fourth-order valence-electron chi connectivity index (χ4n) is 2.42. The summed E-state index contributed by atoms with van der Waals surface area (Å²) in [6, 6.07) is 4.72. The van der Waals surface area contributed by atoms with E-state index in [0.717, 1.165) is 24.8 Å². The Hall–Kier alpha value is -1.62. The van der Waals surface area contributed by atoms with Crippen LogP contribution in [-0.2, 0) is 0 Å². The monoisotopic (exact) mass is 250 g/mol. The van der Waals surface area contributed by atoms with E-state index in [9.17, 15) is 10.1 Å². The molecule has 0 radical (unpaired) electrons. The van der Waals surface area contributed by atoms with Crippen LogP contribution in [0.3, 0.4) is 0 Å². The summed E-state index contributed by atoms with van der Waals surface area (Å²) < 4.78 is 5.92. The molecule has 1 saturated carbocycles. The minimum Gasteiger partial charge on any atom is -0.490 e. The Balaban J connectivity index is 2.17. The van der Waals surface area contributed by atoms with Crippen molar-refractivity contribution in [1.82, 2.24) is 0 Å². The summed E-state index contributed by atoms with van der Waals surface area (Å²) in [4.78, 5) is 10.4. The van der Waals surface area contributed by atoms with Crippen molar-refractivity contribution in [3.05, 3.63) is 33.9 Å². The molecule has 0 aliphatic heterocycles. The summed E-state index contributed by atoms with van der Waals surface area (Å²) in [7, 11) is 0. The first kappa shape index (κ1) is 12.8. The van der Waals surface area contributed by atoms with E-state index in [4.69, 9.17) is 10.5 Å². The Morgan fingerprint density at radius 3 is 2.94 bits per heavy atom. The molecule has 1 aliphatic rings. The molecular formula is C13H18N2O3. The lowest BCUT2D eigenvalue weighted by atomic mass is 10.1. The minimum absolute atomic E-state index is 0.0675. The molecule has 18 heavy (non-hydrogen) atoms. The smallest absolute Gasteiger partial charge is 0.273 e. The third-order valence-corrected chi connectivity index (χ3v) is 3.55. The summed E-state index contributed by atoms with van der Waals surface area (Å²) in [6.07, 6.45) is 3.26. The molecule has 2 atom stereocenters. The summed E-state index contributed by atoms with van der Waals surface area (Å²) in [5, 5.41) is 10.8. The Kier molecular flexibility index (Phi) is 3.81. The average molecular weight is 250 g/mol. The number of hydrogen-bond donors (Lipinski definition) is 1. The number of nitrogens with zero attached hydrogens (tertiary/aromatic N) is 1. The van der Waals surface area contributed by atoms with Crippen LogP contribution in [-0.4, -0.2) is 17.6 Å². The van der Waals surface area contributed by atoms with E-state index in [2.05, 4.69) is 0 Å². The van der Waals surface area contributed by atoms with Crippen LogP contribution in [0.4, 0.5) is 5.69 Å². The maximum atomic E-state index is 10.8. The van der Waals surface area contributed by atoms with E-state index in [1.165, 1.54) is 12.1 Å². The van der Waals surface area contributed by atoms with Gasteiger partial charge in [-0.05, 0) is 44.4 Å². The number of nitro groups is 1. The van der Waals surface area contributed by atoms with E-state index in [0.29, 0.717) is 18.2 Å². The molecule has 1 fully saturated rings. The fraction of sp³-hybridized carbons (Fsp3) is 0.538. The summed E-state index contributed by atoms with van der Waals surface area (Å²) in [6.45, 7) is 2.50. The first-order valence-corrected chi connectivity index (χ1v) is 6.23. The standard InChI is InChI=1S/C13H18N2O3/c1-9-5-6-11(15(16)17)7-13(9)18-12-4-2-3-10(12)8-14/h5-7,10,12H,2-4,8,14H2,1H3. The quantitative estimate of drug-likeness (QED) is 0.657. The second-order valence-electron chi connectivity index (χ2n) is 4.79. The third kappa shape index (κ3) is 2.61. The van der Waals surface area contributed by atoms with Crippen molar-refractivity contribution >= 4 is 5.69 Å². The van der Waals surface area contributed by atoms with Gasteiger partial charge < -0.3 is 10.5 Å². The fourth-order valence-corrected chi connectivity index (χ4v) is 2.42. The molecule has 5 nitrogen and oxygen atoms in total. The number of benzene rings is 1. The largest absolute Gasteiger partial charge is 0.490 e. The lowest BCUT2D eigenvalue weighted by molar-refractivity contribution is -0.385. The second-order valence-corrected chi connectivity index (χ2v) is 4.79. The van der Waals surface area contributed by atoms with Gasteiger partial charge in [0.1, 0.15) is 11.9 Å². The van der Waals surface area contributed by atoms with Gasteiger partial charge in [0, 0.05) is 12.0 Å². The normalized spacial score (nSPS) is 23.0. The van der Waals surface area contributed by atoms with Crippen molar-refractivity contribution in [3.8, 4) is 5.75 Å². The number of nitrogens with two attached hydrogens (primary N) is 1. The summed E-state index contributed by atoms with van der Waals surface area (Å²) in [5.74, 6) is 0.971. The van der Waals surface area contributed by atoms with E-state index in [1.807, 2.05) is 6.92 Å². The van der Waals surface area contributed by atoms with Crippen molar-refractivity contribution in [2.75, 3.05) is 6.54 Å². The zero-order valence-corrected chi connectivity index (χ0v) is 10.5. The van der Waals surface area contributed by atoms with Gasteiger partial charge in [0.05, 0.1) is 11.0 Å². The molecule has 2 N–H and O–H groups in total. The molecule has 0 aromatic heterocycles. The molecule has 5 heteroatoms. The van der Waals surface area contributed by atoms with Crippen molar-refractivity contribution < 1.29 is 9.66 Å². The van der Waals surface area contributed by atoms with Gasteiger partial charge in [0.2, 0.25) is 0 Å². The van der Waals surface area contributed by atoms with Gasteiger partial charge in [-0.15, -0.1) is 0 Å². The number of nitro benzene ring substituents is 1. The number of rotatable bonds is 4. The third-order valence-electron chi connectivity index (χ3n) is 3.55. The first-order chi connectivity index (χ1) is 8.61. The number of non-ortho nitro benzene ring substituents is 1. The predicted octanol–water partition coefficient (Wildman–Crippen LogP) is 2.41. The zero-order valence-electron chi connectivity index (χ0n) is 10.5. The molecule has 2 rings (SSSR count). The van der Waals surface area contributed by atoms with Crippen LogP contribution in [0, 0.1) is 23.0 Å². The van der Waals surface area contributed by atoms with E-state index in [-0.39, 0.29) is 11.8 Å². The van der Waals surface area contributed by atoms with Gasteiger partial charge in [-0.3, -0.25) is 10.1 Å². The molecule has 0 heterocycles. The molecule has 0 saturated heterocycles. The van der Waals surface area contributed by atoms with Crippen molar-refractivity contribution in [3.63, 3.8) is 0 Å². The highest BCUT2D eigenvalue weighted by Gasteiger charge is 2.28. The summed E-state index contributed by atoms with van der Waals surface area (Å²) in [5.41, 5.74) is 6.69. The van der Waals surface area contributed by atoms with Crippen LogP contribution in [0.1, 0.15) is 24.8 Å². The van der Waals surface area contributed by atoms with Crippen molar-refractivity contribution in [2.24, 2.45) is 11.7 Å². The number of aryl methyl sites for hydroxylation is 1. The highest BCUT2D eigenvalue weighted by atomic mass is 16.6. The van der Waals surface area contributed by atoms with Gasteiger partial charge in [-0.1, -0.05) is 0 Å². The van der Waals surface area contributed by atoms with Gasteiger partial charge in [-0.2, -0.15) is 0 Å². The minimum atomic E-state index is -0.401. The molecule has 0 spiro atoms. The molecule has 1 aromatic carbocycles. The number of hydrogen-bond acceptors (Lipinski definition) is 4. The molecule has 1 aliphatic carbocycles. The van der Waals surface area contributed by atoms with Crippen LogP contribution in [0.2, 0.25) is 0 Å². The molecule has 2 unspecified atom stereocenters.